The maximum absolute atomic E-state index is 11.4. The molecule has 5 heteroatoms. The van der Waals surface area contributed by atoms with Gasteiger partial charge in [0.1, 0.15) is 17.5 Å². The van der Waals surface area contributed by atoms with Gasteiger partial charge in [0.05, 0.1) is 5.52 Å². The molecular weight excluding hydrogens is 300 g/mol. The van der Waals surface area contributed by atoms with E-state index < -0.39 is 5.91 Å². The predicted molar refractivity (Wildman–Crippen MR) is 95.3 cm³/mol. The van der Waals surface area contributed by atoms with Crippen LogP contribution in [0.3, 0.4) is 0 Å². The van der Waals surface area contributed by atoms with Gasteiger partial charge in [-0.2, -0.15) is 5.26 Å². The van der Waals surface area contributed by atoms with E-state index in [4.69, 9.17) is 16.0 Å². The third-order valence-electron chi connectivity index (χ3n) is 4.40. The van der Waals surface area contributed by atoms with Crippen molar-refractivity contribution >= 4 is 28.7 Å². The molecular formula is C19H20N4O. The number of hydrogen-bond acceptors (Lipinski definition) is 4. The highest BCUT2D eigenvalue weighted by molar-refractivity contribution is 6.02. The molecule has 0 unspecified atom stereocenters. The van der Waals surface area contributed by atoms with Gasteiger partial charge in [0, 0.05) is 24.0 Å². The van der Waals surface area contributed by atoms with E-state index in [2.05, 4.69) is 4.90 Å². The number of aryl methyl sites for hydroxylation is 1. The van der Waals surface area contributed by atoms with Crippen molar-refractivity contribution in [3.8, 4) is 6.07 Å². The lowest BCUT2D eigenvalue weighted by atomic mass is 10.0. The number of aromatic nitrogens is 1. The number of fused-ring (bicyclic) bond motifs is 1. The minimum absolute atomic E-state index is 0.0536. The first-order valence-corrected chi connectivity index (χ1v) is 8.17. The van der Waals surface area contributed by atoms with Gasteiger partial charge in [-0.1, -0.05) is 18.2 Å². The van der Waals surface area contributed by atoms with Gasteiger partial charge in [-0.05, 0) is 43.9 Å². The van der Waals surface area contributed by atoms with Crippen molar-refractivity contribution in [1.82, 2.24) is 4.98 Å². The minimum Gasteiger partial charge on any atom is -0.365 e. The van der Waals surface area contributed by atoms with Gasteiger partial charge >= 0.3 is 0 Å². The average molecular weight is 320 g/mol. The standard InChI is InChI=1S/C19H20N4O/c1-13-6-5-7-14-10-15(11-16(12-20)18(21)24)19(22-17(13)14)23-8-3-2-4-9-23/h5-7,10-11H,2-4,8-9H2,1H3,(H2,21,24). The number of anilines is 1. The number of primary amides is 1. The maximum atomic E-state index is 11.4. The van der Waals surface area contributed by atoms with Gasteiger partial charge in [0.15, 0.2) is 0 Å². The van der Waals surface area contributed by atoms with E-state index in [9.17, 15) is 4.79 Å². The van der Waals surface area contributed by atoms with Gasteiger partial charge < -0.3 is 10.6 Å². The number of pyridine rings is 1. The molecule has 24 heavy (non-hydrogen) atoms. The number of piperidine rings is 1. The molecule has 0 bridgehead atoms. The Morgan fingerprint density at radius 2 is 2.08 bits per heavy atom. The molecule has 0 atom stereocenters. The van der Waals surface area contributed by atoms with Crippen LogP contribution >= 0.6 is 0 Å². The monoisotopic (exact) mass is 320 g/mol. The highest BCUT2D eigenvalue weighted by atomic mass is 16.1. The fraction of sp³-hybridized carbons (Fsp3) is 0.316. The third-order valence-corrected chi connectivity index (χ3v) is 4.40. The van der Waals surface area contributed by atoms with Crippen molar-refractivity contribution in [3.63, 3.8) is 0 Å². The highest BCUT2D eigenvalue weighted by Crippen LogP contribution is 2.29. The van der Waals surface area contributed by atoms with Crippen molar-refractivity contribution in [3.05, 3.63) is 41.0 Å². The van der Waals surface area contributed by atoms with Crippen LogP contribution in [-0.2, 0) is 4.79 Å². The first-order valence-electron chi connectivity index (χ1n) is 8.17. The van der Waals surface area contributed by atoms with E-state index in [0.717, 1.165) is 53.8 Å². The van der Waals surface area contributed by atoms with E-state index in [-0.39, 0.29) is 5.57 Å². The van der Waals surface area contributed by atoms with Gasteiger partial charge in [0.2, 0.25) is 0 Å². The van der Waals surface area contributed by atoms with E-state index in [0.29, 0.717) is 0 Å². The zero-order valence-electron chi connectivity index (χ0n) is 13.7. The molecule has 0 saturated carbocycles. The van der Waals surface area contributed by atoms with Crippen molar-refractivity contribution in [2.24, 2.45) is 5.73 Å². The summed E-state index contributed by atoms with van der Waals surface area (Å²) in [4.78, 5) is 18.5. The third kappa shape index (κ3) is 3.09. The Morgan fingerprint density at radius 3 is 2.75 bits per heavy atom. The number of rotatable bonds is 3. The van der Waals surface area contributed by atoms with Crippen molar-refractivity contribution < 1.29 is 4.79 Å². The first-order chi connectivity index (χ1) is 11.6. The second-order valence-corrected chi connectivity index (χ2v) is 6.13. The second-order valence-electron chi connectivity index (χ2n) is 6.13. The molecule has 2 aromatic rings. The van der Waals surface area contributed by atoms with Crippen molar-refractivity contribution in [2.75, 3.05) is 18.0 Å². The van der Waals surface area contributed by atoms with Gasteiger partial charge in [-0.25, -0.2) is 4.98 Å². The van der Waals surface area contributed by atoms with Crippen LogP contribution in [-0.4, -0.2) is 24.0 Å². The van der Waals surface area contributed by atoms with Crippen LogP contribution in [0.5, 0.6) is 0 Å². The molecule has 0 spiro atoms. The number of nitrogens with zero attached hydrogens (tertiary/aromatic N) is 3. The smallest absolute Gasteiger partial charge is 0.259 e. The Kier molecular flexibility index (Phi) is 4.48. The Bertz CT molecular complexity index is 858. The summed E-state index contributed by atoms with van der Waals surface area (Å²) in [6, 6.07) is 9.87. The van der Waals surface area contributed by atoms with Crippen LogP contribution in [0.1, 0.15) is 30.4 Å². The molecule has 1 fully saturated rings. The Balaban J connectivity index is 2.21. The molecule has 1 amide bonds. The molecule has 2 N–H and O–H groups in total. The number of para-hydroxylation sites is 1. The molecule has 1 aromatic carbocycles. The van der Waals surface area contributed by atoms with Gasteiger partial charge in [0.25, 0.3) is 5.91 Å². The molecule has 0 aliphatic carbocycles. The van der Waals surface area contributed by atoms with Crippen LogP contribution < -0.4 is 10.6 Å². The Hall–Kier alpha value is -2.87. The molecule has 1 aromatic heterocycles. The summed E-state index contributed by atoms with van der Waals surface area (Å²) < 4.78 is 0. The molecule has 3 rings (SSSR count). The topological polar surface area (TPSA) is 83.0 Å². The highest BCUT2D eigenvalue weighted by Gasteiger charge is 2.18. The van der Waals surface area contributed by atoms with Gasteiger partial charge in [-0.3, -0.25) is 4.79 Å². The largest absolute Gasteiger partial charge is 0.365 e. The molecule has 2 heterocycles. The minimum atomic E-state index is -0.716. The molecule has 0 radical (unpaired) electrons. The van der Waals surface area contributed by atoms with Crippen LogP contribution in [0.2, 0.25) is 0 Å². The second kappa shape index (κ2) is 6.71. The zero-order valence-corrected chi connectivity index (χ0v) is 13.7. The number of benzene rings is 1. The van der Waals surface area contributed by atoms with Crippen molar-refractivity contribution in [1.29, 1.82) is 5.26 Å². The number of hydrogen-bond donors (Lipinski definition) is 1. The number of amides is 1. The summed E-state index contributed by atoms with van der Waals surface area (Å²) in [5.74, 6) is 0.108. The SMILES string of the molecule is Cc1cccc2cc(C=C(C#N)C(N)=O)c(N3CCCCC3)nc12. The molecule has 1 aliphatic heterocycles. The normalized spacial score (nSPS) is 15.3. The summed E-state index contributed by atoms with van der Waals surface area (Å²) in [5, 5.41) is 10.2. The van der Waals surface area contributed by atoms with Gasteiger partial charge in [-0.15, -0.1) is 0 Å². The van der Waals surface area contributed by atoms with Crippen LogP contribution in [0, 0.1) is 18.3 Å². The Labute approximate surface area is 141 Å². The molecule has 5 nitrogen and oxygen atoms in total. The fourth-order valence-electron chi connectivity index (χ4n) is 3.13. The van der Waals surface area contributed by atoms with E-state index in [1.807, 2.05) is 37.3 Å². The van der Waals surface area contributed by atoms with Crippen LogP contribution in [0.15, 0.2) is 29.8 Å². The van der Waals surface area contributed by atoms with Crippen LogP contribution in [0.25, 0.3) is 17.0 Å². The van der Waals surface area contributed by atoms with Crippen LogP contribution in [0.4, 0.5) is 5.82 Å². The summed E-state index contributed by atoms with van der Waals surface area (Å²) >= 11 is 0. The first kappa shape index (κ1) is 16.0. The lowest BCUT2D eigenvalue weighted by Crippen LogP contribution is -2.30. The fourth-order valence-corrected chi connectivity index (χ4v) is 3.13. The molecule has 1 saturated heterocycles. The maximum Gasteiger partial charge on any atom is 0.259 e. The number of carbonyl (C=O) groups is 1. The summed E-state index contributed by atoms with van der Waals surface area (Å²) in [7, 11) is 0. The summed E-state index contributed by atoms with van der Waals surface area (Å²) in [5.41, 5.74) is 8.07. The van der Waals surface area contributed by atoms with E-state index in [1.165, 1.54) is 6.42 Å². The lowest BCUT2D eigenvalue weighted by molar-refractivity contribution is -0.114. The van der Waals surface area contributed by atoms with Crippen molar-refractivity contribution in [2.45, 2.75) is 26.2 Å². The predicted octanol–water partition coefficient (Wildman–Crippen LogP) is 2.93. The average Bonchev–Trinajstić information content (AvgIpc) is 2.60. The Morgan fingerprint density at radius 1 is 1.33 bits per heavy atom. The number of carbonyl (C=O) groups excluding carboxylic acids is 1. The zero-order chi connectivity index (χ0) is 17.1. The van der Waals surface area contributed by atoms with E-state index in [1.54, 1.807) is 6.08 Å². The molecule has 122 valence electrons. The summed E-state index contributed by atoms with van der Waals surface area (Å²) in [6.45, 7) is 3.91. The quantitative estimate of drug-likeness (QED) is 0.696. The molecule has 1 aliphatic rings. The van der Waals surface area contributed by atoms with E-state index >= 15 is 0 Å². The summed E-state index contributed by atoms with van der Waals surface area (Å²) in [6.07, 6.45) is 5.02. The lowest BCUT2D eigenvalue weighted by Gasteiger charge is -2.29. The number of nitriles is 1. The number of nitrogens with two attached hydrogens (primary N) is 1.